The average molecular weight is 261 g/mol. The lowest BCUT2D eigenvalue weighted by Crippen LogP contribution is -2.30. The fourth-order valence-corrected chi connectivity index (χ4v) is 1.88. The highest BCUT2D eigenvalue weighted by Crippen LogP contribution is 2.06. The van der Waals surface area contributed by atoms with Crippen LogP contribution < -0.4 is 5.32 Å². The van der Waals surface area contributed by atoms with E-state index in [1.54, 1.807) is 6.08 Å². The lowest BCUT2D eigenvalue weighted by Gasteiger charge is -2.14. The zero-order chi connectivity index (χ0) is 13.9. The van der Waals surface area contributed by atoms with Gasteiger partial charge in [0.15, 0.2) is 0 Å². The van der Waals surface area contributed by atoms with Crippen LogP contribution in [0.4, 0.5) is 0 Å². The van der Waals surface area contributed by atoms with E-state index in [0.717, 1.165) is 13.0 Å². The molecule has 0 saturated heterocycles. The molecule has 0 spiro atoms. The highest BCUT2D eigenvalue weighted by Gasteiger charge is 2.17. The predicted octanol–water partition coefficient (Wildman–Crippen LogP) is 2.57. The Hall–Kier alpha value is -1.61. The molecule has 0 fully saturated rings. The number of nitrogens with one attached hydrogen (secondary N) is 1. The lowest BCUT2D eigenvalue weighted by molar-refractivity contribution is -0.147. The maximum absolute atomic E-state index is 11.7. The van der Waals surface area contributed by atoms with Gasteiger partial charge in [-0.05, 0) is 31.9 Å². The summed E-state index contributed by atoms with van der Waals surface area (Å²) in [4.78, 5) is 11.7. The van der Waals surface area contributed by atoms with Crippen molar-refractivity contribution >= 4 is 5.97 Å². The number of ether oxygens (including phenoxy) is 1. The van der Waals surface area contributed by atoms with Crippen molar-refractivity contribution in [2.45, 2.75) is 19.8 Å². The molecule has 1 atom stereocenters. The number of allylic oxidation sites excluding steroid dienone is 1. The largest absolute Gasteiger partial charge is 0.466 e. The van der Waals surface area contributed by atoms with Crippen LogP contribution in [0.5, 0.6) is 0 Å². The number of hydrogen-bond donors (Lipinski definition) is 1. The molecule has 3 nitrogen and oxygen atoms in total. The van der Waals surface area contributed by atoms with Gasteiger partial charge in [0.25, 0.3) is 0 Å². The summed E-state index contributed by atoms with van der Waals surface area (Å²) in [5.41, 5.74) is 1.30. The van der Waals surface area contributed by atoms with Crippen LogP contribution in [0.25, 0.3) is 0 Å². The molecule has 1 rings (SSSR count). The first-order valence-electron chi connectivity index (χ1n) is 6.80. The van der Waals surface area contributed by atoms with Gasteiger partial charge in [-0.2, -0.15) is 0 Å². The van der Waals surface area contributed by atoms with E-state index < -0.39 is 0 Å². The Morgan fingerprint density at radius 2 is 2.16 bits per heavy atom. The topological polar surface area (TPSA) is 38.3 Å². The van der Waals surface area contributed by atoms with Crippen LogP contribution in [0.1, 0.15) is 18.9 Å². The normalized spacial score (nSPS) is 11.8. The Morgan fingerprint density at radius 1 is 1.42 bits per heavy atom. The molecule has 1 unspecified atom stereocenters. The third-order valence-electron chi connectivity index (χ3n) is 2.90. The SMILES string of the molecule is C=CCC(CNCCc1ccccc1)C(=O)OCC. The summed E-state index contributed by atoms with van der Waals surface area (Å²) >= 11 is 0. The minimum Gasteiger partial charge on any atom is -0.466 e. The molecule has 0 bridgehead atoms. The molecule has 0 aromatic heterocycles. The number of hydrogen-bond acceptors (Lipinski definition) is 3. The average Bonchev–Trinajstić information content (AvgIpc) is 2.43. The Labute approximate surface area is 115 Å². The molecule has 3 heteroatoms. The number of carbonyl (C=O) groups excluding carboxylic acids is 1. The molecule has 0 aliphatic carbocycles. The van der Waals surface area contributed by atoms with Gasteiger partial charge in [0.2, 0.25) is 0 Å². The predicted molar refractivity (Wildman–Crippen MR) is 78.0 cm³/mol. The lowest BCUT2D eigenvalue weighted by atomic mass is 10.1. The first-order valence-corrected chi connectivity index (χ1v) is 6.80. The zero-order valence-electron chi connectivity index (χ0n) is 11.6. The van der Waals surface area contributed by atoms with Gasteiger partial charge in [-0.25, -0.2) is 0 Å². The summed E-state index contributed by atoms with van der Waals surface area (Å²) in [7, 11) is 0. The molecule has 0 saturated carbocycles. The van der Waals surface area contributed by atoms with Gasteiger partial charge < -0.3 is 10.1 Å². The number of rotatable bonds is 9. The molecule has 1 N–H and O–H groups in total. The summed E-state index contributed by atoms with van der Waals surface area (Å²) < 4.78 is 5.05. The molecule has 104 valence electrons. The van der Waals surface area contributed by atoms with Crippen molar-refractivity contribution in [1.82, 2.24) is 5.32 Å². The molecule has 0 amide bonds. The molecule has 0 radical (unpaired) electrons. The van der Waals surface area contributed by atoms with Crippen LogP contribution in [-0.4, -0.2) is 25.7 Å². The molecule has 0 heterocycles. The van der Waals surface area contributed by atoms with Gasteiger partial charge in [0.1, 0.15) is 0 Å². The van der Waals surface area contributed by atoms with Gasteiger partial charge in [-0.15, -0.1) is 6.58 Å². The van der Waals surface area contributed by atoms with Crippen LogP contribution in [-0.2, 0) is 16.0 Å². The summed E-state index contributed by atoms with van der Waals surface area (Å²) in [5.74, 6) is -0.275. The van der Waals surface area contributed by atoms with Crippen LogP contribution in [0.15, 0.2) is 43.0 Å². The van der Waals surface area contributed by atoms with Crippen molar-refractivity contribution in [3.63, 3.8) is 0 Å². The summed E-state index contributed by atoms with van der Waals surface area (Å²) in [6, 6.07) is 10.3. The molecule has 19 heavy (non-hydrogen) atoms. The highest BCUT2D eigenvalue weighted by molar-refractivity contribution is 5.72. The second-order valence-corrected chi connectivity index (χ2v) is 4.41. The van der Waals surface area contributed by atoms with E-state index in [1.165, 1.54) is 5.56 Å². The first kappa shape index (κ1) is 15.4. The van der Waals surface area contributed by atoms with Crippen LogP contribution in [0, 0.1) is 5.92 Å². The smallest absolute Gasteiger partial charge is 0.310 e. The summed E-state index contributed by atoms with van der Waals surface area (Å²) in [6.07, 6.45) is 3.38. The summed E-state index contributed by atoms with van der Waals surface area (Å²) in [5, 5.41) is 3.31. The Balaban J connectivity index is 2.28. The fourth-order valence-electron chi connectivity index (χ4n) is 1.88. The summed E-state index contributed by atoms with van der Waals surface area (Å²) in [6.45, 7) is 7.43. The monoisotopic (exact) mass is 261 g/mol. The van der Waals surface area contributed by atoms with E-state index in [0.29, 0.717) is 19.6 Å². The van der Waals surface area contributed by atoms with Crippen molar-refractivity contribution in [3.05, 3.63) is 48.6 Å². The maximum Gasteiger partial charge on any atom is 0.310 e. The van der Waals surface area contributed by atoms with Gasteiger partial charge in [0.05, 0.1) is 12.5 Å². The first-order chi connectivity index (χ1) is 9.27. The third-order valence-corrected chi connectivity index (χ3v) is 2.90. The van der Waals surface area contributed by atoms with E-state index in [9.17, 15) is 4.79 Å². The van der Waals surface area contributed by atoms with E-state index in [1.807, 2.05) is 25.1 Å². The van der Waals surface area contributed by atoms with E-state index >= 15 is 0 Å². The number of carbonyl (C=O) groups is 1. The van der Waals surface area contributed by atoms with Crippen molar-refractivity contribution in [3.8, 4) is 0 Å². The minimum absolute atomic E-state index is 0.131. The van der Waals surface area contributed by atoms with Crippen molar-refractivity contribution in [1.29, 1.82) is 0 Å². The van der Waals surface area contributed by atoms with E-state index in [4.69, 9.17) is 4.74 Å². The van der Waals surface area contributed by atoms with Gasteiger partial charge in [-0.1, -0.05) is 36.4 Å². The maximum atomic E-state index is 11.7. The van der Waals surface area contributed by atoms with Crippen molar-refractivity contribution < 1.29 is 9.53 Å². The van der Waals surface area contributed by atoms with Crippen molar-refractivity contribution in [2.75, 3.05) is 19.7 Å². The molecule has 1 aromatic carbocycles. The quantitative estimate of drug-likeness (QED) is 0.422. The molecule has 1 aromatic rings. The van der Waals surface area contributed by atoms with Crippen molar-refractivity contribution in [2.24, 2.45) is 5.92 Å². The van der Waals surface area contributed by atoms with Gasteiger partial charge >= 0.3 is 5.97 Å². The minimum atomic E-state index is -0.144. The van der Waals surface area contributed by atoms with Gasteiger partial charge in [0, 0.05) is 6.54 Å². The Morgan fingerprint density at radius 3 is 2.79 bits per heavy atom. The molecular formula is C16H23NO2. The third kappa shape index (κ3) is 6.20. The van der Waals surface area contributed by atoms with Crippen LogP contribution in [0.2, 0.25) is 0 Å². The number of benzene rings is 1. The van der Waals surface area contributed by atoms with E-state index in [-0.39, 0.29) is 11.9 Å². The Bertz CT molecular complexity index is 376. The van der Waals surface area contributed by atoms with E-state index in [2.05, 4.69) is 24.0 Å². The zero-order valence-corrected chi connectivity index (χ0v) is 11.6. The fraction of sp³-hybridized carbons (Fsp3) is 0.438. The molecule has 0 aliphatic rings. The highest BCUT2D eigenvalue weighted by atomic mass is 16.5. The van der Waals surface area contributed by atoms with Crippen LogP contribution >= 0.6 is 0 Å². The standard InChI is InChI=1S/C16H23NO2/c1-3-8-15(16(18)19-4-2)13-17-12-11-14-9-6-5-7-10-14/h3,5-7,9-10,15,17H,1,4,8,11-13H2,2H3. The Kier molecular flexibility index (Phi) is 7.59. The molecule has 0 aliphatic heterocycles. The van der Waals surface area contributed by atoms with Crippen LogP contribution in [0.3, 0.4) is 0 Å². The molecular weight excluding hydrogens is 238 g/mol. The number of esters is 1. The second-order valence-electron chi connectivity index (χ2n) is 4.41. The second kappa shape index (κ2) is 9.34. The van der Waals surface area contributed by atoms with Gasteiger partial charge in [-0.3, -0.25) is 4.79 Å².